The smallest absolute Gasteiger partial charge is 0.327 e. The highest BCUT2D eigenvalue weighted by Gasteiger charge is 2.56. The van der Waals surface area contributed by atoms with Crippen LogP contribution in [0.25, 0.3) is 0 Å². The van der Waals surface area contributed by atoms with E-state index in [-0.39, 0.29) is 29.2 Å². The zero-order valence-corrected chi connectivity index (χ0v) is 14.5. The van der Waals surface area contributed by atoms with E-state index < -0.39 is 27.8 Å². The van der Waals surface area contributed by atoms with Crippen molar-refractivity contribution in [1.82, 2.24) is 4.31 Å². The highest BCUT2D eigenvalue weighted by atomic mass is 35.5. The minimum Gasteiger partial charge on any atom is -0.480 e. The van der Waals surface area contributed by atoms with Crippen LogP contribution in [0.1, 0.15) is 18.9 Å². The fourth-order valence-corrected chi connectivity index (χ4v) is 4.50. The van der Waals surface area contributed by atoms with Gasteiger partial charge in [-0.05, 0) is 31.5 Å². The number of aliphatic carboxylic acids is 1. The monoisotopic (exact) mass is 373 g/mol. The van der Waals surface area contributed by atoms with Crippen LogP contribution in [0, 0.1) is 11.3 Å². The third-order valence-electron chi connectivity index (χ3n) is 4.27. The van der Waals surface area contributed by atoms with Crippen molar-refractivity contribution in [1.29, 1.82) is 5.26 Å². The van der Waals surface area contributed by atoms with Crippen LogP contribution in [0.15, 0.2) is 18.2 Å². The zero-order chi connectivity index (χ0) is 18.3. The molecule has 1 heterocycles. The first-order valence-electron chi connectivity index (χ1n) is 6.94. The molecule has 0 radical (unpaired) electrons. The molecule has 0 aromatic heterocycles. The van der Waals surface area contributed by atoms with Gasteiger partial charge in [-0.3, -0.25) is 9.10 Å². The van der Waals surface area contributed by atoms with Crippen LogP contribution in [-0.2, 0) is 15.0 Å². The normalized spacial score (nSPS) is 24.5. The lowest BCUT2D eigenvalue weighted by molar-refractivity contribution is -0.150. The third-order valence-corrected chi connectivity index (χ3v) is 6.60. The molecule has 2 rings (SSSR count). The fourth-order valence-electron chi connectivity index (χ4n) is 2.59. The minimum atomic E-state index is -4.23. The van der Waals surface area contributed by atoms with Crippen LogP contribution in [0.5, 0.6) is 0 Å². The van der Waals surface area contributed by atoms with Gasteiger partial charge in [0.2, 0.25) is 0 Å². The highest BCUT2D eigenvalue weighted by Crippen LogP contribution is 2.35. The van der Waals surface area contributed by atoms with Gasteiger partial charge in [-0.2, -0.15) is 18.0 Å². The molecule has 8 nitrogen and oxygen atoms in total. The van der Waals surface area contributed by atoms with Crippen LogP contribution in [0.3, 0.4) is 0 Å². The van der Waals surface area contributed by atoms with Crippen molar-refractivity contribution in [2.75, 3.05) is 17.9 Å². The minimum absolute atomic E-state index is 0.0179. The molecule has 1 aliphatic heterocycles. The molecule has 10 heteroatoms. The molecule has 1 aliphatic rings. The largest absolute Gasteiger partial charge is 0.480 e. The molecule has 0 saturated carbocycles. The molecule has 0 bridgehead atoms. The summed E-state index contributed by atoms with van der Waals surface area (Å²) >= 11 is 5.92. The summed E-state index contributed by atoms with van der Waals surface area (Å²) in [6, 6.07) is 5.95. The molecule has 130 valence electrons. The van der Waals surface area contributed by atoms with Crippen LogP contribution < -0.4 is 4.31 Å². The third kappa shape index (κ3) is 2.71. The topological polar surface area (TPSA) is 122 Å². The molecule has 1 fully saturated rings. The number of rotatable bonds is 4. The summed E-state index contributed by atoms with van der Waals surface area (Å²) in [6.45, 7) is 1.05. The number of carboxylic acid groups (broad SMARTS) is 1. The Labute approximate surface area is 144 Å². The number of halogens is 1. The SMILES string of the molecule is CN(c1ccc(C#N)c(Cl)c1)S(=O)(=O)N1CC[C@@H](O)[C@@]1(C)C(=O)O. The summed E-state index contributed by atoms with van der Waals surface area (Å²) in [5.74, 6) is -1.43. The van der Waals surface area contributed by atoms with E-state index in [0.717, 1.165) is 8.61 Å². The quantitative estimate of drug-likeness (QED) is 0.805. The number of nitriles is 1. The van der Waals surface area contributed by atoms with Gasteiger partial charge in [-0.15, -0.1) is 0 Å². The maximum Gasteiger partial charge on any atom is 0.327 e. The van der Waals surface area contributed by atoms with Gasteiger partial charge in [0.15, 0.2) is 5.54 Å². The second-order valence-electron chi connectivity index (χ2n) is 5.58. The number of aliphatic hydroxyl groups excluding tert-OH is 1. The standard InChI is InChI=1S/C14H16ClN3O5S/c1-14(13(20)21)12(19)5-6-18(14)24(22,23)17(2)10-4-3-9(8-16)11(15)7-10/h3-4,7,12,19H,5-6H2,1-2H3,(H,20,21)/t12-,14+/m1/s1. The number of hydrogen-bond acceptors (Lipinski definition) is 5. The first-order valence-corrected chi connectivity index (χ1v) is 8.72. The van der Waals surface area contributed by atoms with E-state index in [1.165, 1.54) is 32.2 Å². The molecule has 24 heavy (non-hydrogen) atoms. The first-order chi connectivity index (χ1) is 11.1. The summed E-state index contributed by atoms with van der Waals surface area (Å²) in [5, 5.41) is 28.3. The van der Waals surface area contributed by atoms with Gasteiger partial charge in [0.25, 0.3) is 0 Å². The molecule has 1 saturated heterocycles. The Morgan fingerprint density at radius 3 is 2.67 bits per heavy atom. The van der Waals surface area contributed by atoms with Crippen molar-refractivity contribution >= 4 is 33.5 Å². The number of benzene rings is 1. The van der Waals surface area contributed by atoms with Gasteiger partial charge in [-0.1, -0.05) is 11.6 Å². The average Bonchev–Trinajstić information content (AvgIpc) is 2.84. The second-order valence-corrected chi connectivity index (χ2v) is 7.87. The van der Waals surface area contributed by atoms with Gasteiger partial charge in [0, 0.05) is 13.6 Å². The maximum atomic E-state index is 12.8. The number of carboxylic acids is 1. The van der Waals surface area contributed by atoms with Gasteiger partial charge in [0.05, 0.1) is 22.4 Å². The van der Waals surface area contributed by atoms with Crippen LogP contribution in [0.2, 0.25) is 5.02 Å². The van der Waals surface area contributed by atoms with Crippen LogP contribution in [-0.4, -0.2) is 54.1 Å². The van der Waals surface area contributed by atoms with Gasteiger partial charge >= 0.3 is 16.2 Å². The molecular formula is C14H16ClN3O5S. The van der Waals surface area contributed by atoms with E-state index in [1.54, 1.807) is 0 Å². The highest BCUT2D eigenvalue weighted by molar-refractivity contribution is 7.90. The summed E-state index contributed by atoms with van der Waals surface area (Å²) in [6.07, 6.45) is -1.30. The van der Waals surface area contributed by atoms with E-state index in [9.17, 15) is 23.4 Å². The Bertz CT molecular complexity index is 822. The molecule has 0 unspecified atom stereocenters. The number of aliphatic hydroxyl groups is 1. The van der Waals surface area contributed by atoms with Gasteiger partial charge < -0.3 is 10.2 Å². The summed E-state index contributed by atoms with van der Waals surface area (Å²) in [5.41, 5.74) is -1.59. The van der Waals surface area contributed by atoms with Crippen LogP contribution >= 0.6 is 11.6 Å². The van der Waals surface area contributed by atoms with Crippen LogP contribution in [0.4, 0.5) is 5.69 Å². The molecule has 1 aromatic rings. The number of nitrogens with zero attached hydrogens (tertiary/aromatic N) is 3. The van der Waals surface area contributed by atoms with E-state index in [2.05, 4.69) is 0 Å². The number of anilines is 1. The molecule has 0 spiro atoms. The van der Waals surface area contributed by atoms with Gasteiger partial charge in [-0.25, -0.2) is 0 Å². The van der Waals surface area contributed by atoms with Crippen molar-refractivity contribution in [2.24, 2.45) is 0 Å². The molecule has 0 amide bonds. The van der Waals surface area contributed by atoms with E-state index in [4.69, 9.17) is 16.9 Å². The Morgan fingerprint density at radius 2 is 2.17 bits per heavy atom. The van der Waals surface area contributed by atoms with Crippen molar-refractivity contribution in [3.63, 3.8) is 0 Å². The van der Waals surface area contributed by atoms with Crippen molar-refractivity contribution in [3.05, 3.63) is 28.8 Å². The predicted molar refractivity (Wildman–Crippen MR) is 86.9 cm³/mol. The first kappa shape index (κ1) is 18.5. The lowest BCUT2D eigenvalue weighted by Gasteiger charge is -2.35. The van der Waals surface area contributed by atoms with Crippen molar-refractivity contribution in [3.8, 4) is 6.07 Å². The summed E-state index contributed by atoms with van der Waals surface area (Å²) in [7, 11) is -2.98. The van der Waals surface area contributed by atoms with Gasteiger partial charge in [0.1, 0.15) is 6.07 Å². The molecule has 1 aromatic carbocycles. The maximum absolute atomic E-state index is 12.8. The molecule has 0 aliphatic carbocycles. The van der Waals surface area contributed by atoms with E-state index in [1.807, 2.05) is 6.07 Å². The molecule has 2 N–H and O–H groups in total. The lowest BCUT2D eigenvalue weighted by atomic mass is 9.98. The second kappa shape index (κ2) is 6.22. The van der Waals surface area contributed by atoms with Crippen molar-refractivity contribution in [2.45, 2.75) is 25.0 Å². The Kier molecular flexibility index (Phi) is 4.79. The molecular weight excluding hydrogens is 358 g/mol. The Hall–Kier alpha value is -1.86. The van der Waals surface area contributed by atoms with E-state index in [0.29, 0.717) is 0 Å². The van der Waals surface area contributed by atoms with Crippen molar-refractivity contribution < 1.29 is 23.4 Å². The van der Waals surface area contributed by atoms with E-state index >= 15 is 0 Å². The average molecular weight is 374 g/mol. The lowest BCUT2D eigenvalue weighted by Crippen LogP contribution is -2.58. The summed E-state index contributed by atoms with van der Waals surface area (Å²) in [4.78, 5) is 11.5. The Balaban J connectivity index is 2.45. The molecule has 2 atom stereocenters. The zero-order valence-electron chi connectivity index (χ0n) is 13.0. The predicted octanol–water partition coefficient (Wildman–Crippen LogP) is 0.803. The Morgan fingerprint density at radius 1 is 1.54 bits per heavy atom. The number of carbonyl (C=O) groups is 1. The summed E-state index contributed by atoms with van der Waals surface area (Å²) < 4.78 is 27.3. The fraction of sp³-hybridized carbons (Fsp3) is 0.429. The number of hydrogen-bond donors (Lipinski definition) is 2.